The highest BCUT2D eigenvalue weighted by atomic mass is 16.6. The number of rotatable bonds is 7. The minimum absolute atomic E-state index is 0.108. The molecule has 1 aromatic carbocycles. The van der Waals surface area contributed by atoms with Crippen molar-refractivity contribution in [1.82, 2.24) is 15.1 Å². The second-order valence-corrected chi connectivity index (χ2v) is 5.68. The highest BCUT2D eigenvalue weighted by molar-refractivity contribution is 5.80. The Kier molecular flexibility index (Phi) is 5.84. The number of aryl methyl sites for hydroxylation is 1. The number of aromatic nitrogens is 2. The normalized spacial score (nSPS) is 14.6. The van der Waals surface area contributed by atoms with E-state index >= 15 is 0 Å². The van der Waals surface area contributed by atoms with Crippen molar-refractivity contribution in [2.45, 2.75) is 32.0 Å². The lowest BCUT2D eigenvalue weighted by atomic mass is 10.0. The minimum Gasteiger partial charge on any atom is -0.394 e. The predicted octanol–water partition coefficient (Wildman–Crippen LogP) is 0.871. The van der Waals surface area contributed by atoms with E-state index in [1.54, 1.807) is 19.2 Å². The maximum Gasteiger partial charge on any atom is 0.269 e. The van der Waals surface area contributed by atoms with Gasteiger partial charge in [0.15, 0.2) is 0 Å². The first-order chi connectivity index (χ1) is 11.8. The Balaban J connectivity index is 2.09. The SMILES string of the molecule is Cc1ccnn1C(C)C(=O)NC(CO)C(O)c1ccc([N+](=O)[O-])cc1. The van der Waals surface area contributed by atoms with Crippen LogP contribution < -0.4 is 5.32 Å². The third-order valence-corrected chi connectivity index (χ3v) is 3.97. The third kappa shape index (κ3) is 4.20. The summed E-state index contributed by atoms with van der Waals surface area (Å²) in [5, 5.41) is 37.2. The van der Waals surface area contributed by atoms with Crippen LogP contribution in [0.1, 0.15) is 30.3 Å². The van der Waals surface area contributed by atoms with E-state index in [0.717, 1.165) is 5.69 Å². The molecule has 1 amide bonds. The molecule has 3 atom stereocenters. The molecule has 0 radical (unpaired) electrons. The average Bonchev–Trinajstić information content (AvgIpc) is 3.04. The van der Waals surface area contributed by atoms with Crippen molar-refractivity contribution in [3.8, 4) is 0 Å². The average molecular weight is 348 g/mol. The van der Waals surface area contributed by atoms with Crippen LogP contribution in [0.3, 0.4) is 0 Å². The minimum atomic E-state index is -1.21. The predicted molar refractivity (Wildman–Crippen MR) is 88.7 cm³/mol. The molecule has 2 aromatic rings. The maximum absolute atomic E-state index is 12.4. The Morgan fingerprint density at radius 2 is 2.00 bits per heavy atom. The van der Waals surface area contributed by atoms with E-state index in [1.807, 2.05) is 6.92 Å². The van der Waals surface area contributed by atoms with Gasteiger partial charge in [-0.1, -0.05) is 0 Å². The van der Waals surface area contributed by atoms with Crippen LogP contribution in [0.2, 0.25) is 0 Å². The number of hydrogen-bond acceptors (Lipinski definition) is 6. The maximum atomic E-state index is 12.4. The van der Waals surface area contributed by atoms with Crippen LogP contribution in [0, 0.1) is 17.0 Å². The summed E-state index contributed by atoms with van der Waals surface area (Å²) in [6, 6.07) is 5.48. The highest BCUT2D eigenvalue weighted by Crippen LogP contribution is 2.21. The Hall–Kier alpha value is -2.78. The fraction of sp³-hybridized carbons (Fsp3) is 0.375. The Labute approximate surface area is 144 Å². The van der Waals surface area contributed by atoms with E-state index in [1.165, 1.54) is 28.9 Å². The number of hydrogen-bond donors (Lipinski definition) is 3. The first kappa shape index (κ1) is 18.6. The van der Waals surface area contributed by atoms with Gasteiger partial charge in [0.25, 0.3) is 5.69 Å². The molecule has 0 spiro atoms. The van der Waals surface area contributed by atoms with E-state index in [2.05, 4.69) is 10.4 Å². The molecule has 3 N–H and O–H groups in total. The van der Waals surface area contributed by atoms with E-state index < -0.39 is 35.6 Å². The van der Waals surface area contributed by atoms with Crippen LogP contribution in [-0.4, -0.2) is 43.5 Å². The number of nitrogens with zero attached hydrogens (tertiary/aromatic N) is 3. The first-order valence-corrected chi connectivity index (χ1v) is 7.69. The molecule has 9 heteroatoms. The molecule has 0 bridgehead atoms. The smallest absolute Gasteiger partial charge is 0.269 e. The van der Waals surface area contributed by atoms with Crippen molar-refractivity contribution < 1.29 is 19.9 Å². The molecule has 0 saturated heterocycles. The number of aliphatic hydroxyl groups excluding tert-OH is 2. The number of non-ortho nitro benzene ring substituents is 1. The number of amides is 1. The third-order valence-electron chi connectivity index (χ3n) is 3.97. The van der Waals surface area contributed by atoms with E-state index in [-0.39, 0.29) is 5.69 Å². The topological polar surface area (TPSA) is 131 Å². The Bertz CT molecular complexity index is 743. The monoisotopic (exact) mass is 348 g/mol. The van der Waals surface area contributed by atoms with E-state index in [4.69, 9.17) is 0 Å². The molecular formula is C16H20N4O5. The molecule has 0 aliphatic rings. The Morgan fingerprint density at radius 1 is 1.36 bits per heavy atom. The molecular weight excluding hydrogens is 328 g/mol. The number of carbonyl (C=O) groups is 1. The molecule has 0 aliphatic carbocycles. The van der Waals surface area contributed by atoms with Gasteiger partial charge in [0.05, 0.1) is 17.6 Å². The molecule has 0 fully saturated rings. The summed E-state index contributed by atoms with van der Waals surface area (Å²) in [7, 11) is 0. The van der Waals surface area contributed by atoms with Gasteiger partial charge in [-0.3, -0.25) is 19.6 Å². The van der Waals surface area contributed by atoms with Gasteiger partial charge in [-0.2, -0.15) is 5.10 Å². The standard InChI is InChI=1S/C16H20N4O5/c1-10-7-8-17-19(10)11(2)16(23)18-14(9-21)15(22)12-3-5-13(6-4-12)20(24)25/h3-8,11,14-15,21-22H,9H2,1-2H3,(H,18,23). The van der Waals surface area contributed by atoms with Crippen LogP contribution in [0.4, 0.5) is 5.69 Å². The quantitative estimate of drug-likeness (QED) is 0.503. The molecule has 0 aliphatic heterocycles. The van der Waals surface area contributed by atoms with Crippen molar-refractivity contribution in [2.24, 2.45) is 0 Å². The number of nitrogens with one attached hydrogen (secondary N) is 1. The summed E-state index contributed by atoms with van der Waals surface area (Å²) in [6.07, 6.45) is 0.370. The van der Waals surface area contributed by atoms with Gasteiger partial charge < -0.3 is 15.5 Å². The van der Waals surface area contributed by atoms with Gasteiger partial charge in [-0.05, 0) is 37.6 Å². The van der Waals surface area contributed by atoms with Crippen molar-refractivity contribution >= 4 is 11.6 Å². The molecule has 3 unspecified atom stereocenters. The molecule has 1 heterocycles. The van der Waals surface area contributed by atoms with Gasteiger partial charge in [-0.15, -0.1) is 0 Å². The summed E-state index contributed by atoms with van der Waals surface area (Å²) < 4.78 is 1.53. The van der Waals surface area contributed by atoms with Crippen molar-refractivity contribution in [2.75, 3.05) is 6.61 Å². The van der Waals surface area contributed by atoms with Crippen LogP contribution in [0.25, 0.3) is 0 Å². The number of nitro benzene ring substituents is 1. The number of aliphatic hydroxyl groups is 2. The summed E-state index contributed by atoms with van der Waals surface area (Å²) in [6.45, 7) is 2.97. The largest absolute Gasteiger partial charge is 0.394 e. The van der Waals surface area contributed by atoms with E-state index in [0.29, 0.717) is 5.56 Å². The molecule has 1 aromatic heterocycles. The van der Waals surface area contributed by atoms with Gasteiger partial charge in [-0.25, -0.2) is 0 Å². The number of carbonyl (C=O) groups excluding carboxylic acids is 1. The number of nitro groups is 1. The molecule has 9 nitrogen and oxygen atoms in total. The zero-order valence-electron chi connectivity index (χ0n) is 13.9. The van der Waals surface area contributed by atoms with Crippen LogP contribution >= 0.6 is 0 Å². The van der Waals surface area contributed by atoms with Gasteiger partial charge in [0, 0.05) is 24.0 Å². The summed E-state index contributed by atoms with van der Waals surface area (Å²) in [5.41, 5.74) is 1.05. The highest BCUT2D eigenvalue weighted by Gasteiger charge is 2.26. The lowest BCUT2D eigenvalue weighted by Gasteiger charge is -2.24. The van der Waals surface area contributed by atoms with Crippen LogP contribution in [-0.2, 0) is 4.79 Å². The van der Waals surface area contributed by atoms with Gasteiger partial charge >= 0.3 is 0 Å². The lowest BCUT2D eigenvalue weighted by Crippen LogP contribution is -2.44. The zero-order chi connectivity index (χ0) is 18.6. The fourth-order valence-electron chi connectivity index (χ4n) is 2.45. The number of benzene rings is 1. The summed E-state index contributed by atoms with van der Waals surface area (Å²) in [4.78, 5) is 22.5. The first-order valence-electron chi connectivity index (χ1n) is 7.69. The summed E-state index contributed by atoms with van der Waals surface area (Å²) in [5.74, 6) is -0.410. The second-order valence-electron chi connectivity index (χ2n) is 5.68. The van der Waals surface area contributed by atoms with Crippen molar-refractivity contribution in [3.05, 3.63) is 57.9 Å². The fourth-order valence-corrected chi connectivity index (χ4v) is 2.45. The molecule has 2 rings (SSSR count). The molecule has 25 heavy (non-hydrogen) atoms. The van der Waals surface area contributed by atoms with Crippen LogP contribution in [0.5, 0.6) is 0 Å². The lowest BCUT2D eigenvalue weighted by molar-refractivity contribution is -0.384. The Morgan fingerprint density at radius 3 is 2.48 bits per heavy atom. The zero-order valence-corrected chi connectivity index (χ0v) is 13.9. The molecule has 134 valence electrons. The van der Waals surface area contributed by atoms with Gasteiger partial charge in [0.2, 0.25) is 5.91 Å². The second kappa shape index (κ2) is 7.86. The van der Waals surface area contributed by atoms with Crippen LogP contribution in [0.15, 0.2) is 36.5 Å². The van der Waals surface area contributed by atoms with E-state index in [9.17, 15) is 25.1 Å². The molecule has 0 saturated carbocycles. The van der Waals surface area contributed by atoms with Gasteiger partial charge in [0.1, 0.15) is 12.1 Å². The summed E-state index contributed by atoms with van der Waals surface area (Å²) >= 11 is 0. The van der Waals surface area contributed by atoms with Crippen molar-refractivity contribution in [1.29, 1.82) is 0 Å². The van der Waals surface area contributed by atoms with Crippen molar-refractivity contribution in [3.63, 3.8) is 0 Å².